The van der Waals surface area contributed by atoms with Crippen LogP contribution in [-0.4, -0.2) is 5.91 Å². The fourth-order valence-corrected chi connectivity index (χ4v) is 1.30. The first-order valence-corrected chi connectivity index (χ1v) is 4.66. The van der Waals surface area contributed by atoms with Crippen molar-refractivity contribution in [2.75, 3.05) is 0 Å². The predicted octanol–water partition coefficient (Wildman–Crippen LogP) is 2.05. The normalized spacial score (nSPS) is 9.50. The molecule has 74 valence electrons. The van der Waals surface area contributed by atoms with Crippen molar-refractivity contribution in [1.82, 2.24) is 5.32 Å². The zero-order chi connectivity index (χ0) is 10.4. The summed E-state index contributed by atoms with van der Waals surface area (Å²) in [5.74, 6) is -0.00148. The summed E-state index contributed by atoms with van der Waals surface area (Å²) >= 11 is 0. The monoisotopic (exact) mass is 189 g/mol. The van der Waals surface area contributed by atoms with Gasteiger partial charge in [-0.2, -0.15) is 0 Å². The molecular formula is C12H15NO. The van der Waals surface area contributed by atoms with E-state index in [4.69, 9.17) is 0 Å². The van der Waals surface area contributed by atoms with Gasteiger partial charge in [-0.25, -0.2) is 0 Å². The Hall–Kier alpha value is -1.57. The molecule has 14 heavy (non-hydrogen) atoms. The average Bonchev–Trinajstić information content (AvgIpc) is 2.17. The minimum absolute atomic E-state index is 0.00148. The van der Waals surface area contributed by atoms with Crippen molar-refractivity contribution in [3.63, 3.8) is 0 Å². The number of nitrogens with one attached hydrogen (secondary N) is 1. The largest absolute Gasteiger partial charge is 0.352 e. The van der Waals surface area contributed by atoms with Gasteiger partial charge in [-0.1, -0.05) is 30.3 Å². The molecule has 0 heterocycles. The third kappa shape index (κ3) is 3.05. The van der Waals surface area contributed by atoms with E-state index in [0.29, 0.717) is 6.54 Å². The van der Waals surface area contributed by atoms with Crippen LogP contribution in [-0.2, 0) is 17.8 Å². The summed E-state index contributed by atoms with van der Waals surface area (Å²) < 4.78 is 0. The van der Waals surface area contributed by atoms with Gasteiger partial charge in [0.15, 0.2) is 0 Å². The molecule has 0 radical (unpaired) electrons. The van der Waals surface area contributed by atoms with E-state index in [1.54, 1.807) is 0 Å². The second-order valence-corrected chi connectivity index (χ2v) is 3.17. The Kier molecular flexibility index (Phi) is 3.92. The predicted molar refractivity (Wildman–Crippen MR) is 57.9 cm³/mol. The number of hydrogen-bond acceptors (Lipinski definition) is 1. The Bertz CT molecular complexity index is 331. The molecule has 0 atom stereocenters. The van der Waals surface area contributed by atoms with Crippen LogP contribution in [0.4, 0.5) is 0 Å². The van der Waals surface area contributed by atoms with Crippen molar-refractivity contribution in [3.05, 3.63) is 48.0 Å². The lowest BCUT2D eigenvalue weighted by atomic mass is 10.0. The Morgan fingerprint density at radius 3 is 2.64 bits per heavy atom. The molecule has 1 rings (SSSR count). The van der Waals surface area contributed by atoms with Crippen LogP contribution in [0.2, 0.25) is 0 Å². The minimum atomic E-state index is -0.00148. The first kappa shape index (κ1) is 10.5. The van der Waals surface area contributed by atoms with Crippen LogP contribution in [0.15, 0.2) is 36.9 Å². The van der Waals surface area contributed by atoms with Crippen LogP contribution in [0.5, 0.6) is 0 Å². The van der Waals surface area contributed by atoms with E-state index in [9.17, 15) is 4.79 Å². The number of hydrogen-bond donors (Lipinski definition) is 1. The molecule has 0 aliphatic heterocycles. The molecule has 0 aliphatic rings. The molecule has 1 aromatic rings. The molecule has 1 N–H and O–H groups in total. The van der Waals surface area contributed by atoms with Crippen LogP contribution >= 0.6 is 0 Å². The zero-order valence-electron chi connectivity index (χ0n) is 8.42. The van der Waals surface area contributed by atoms with Crippen LogP contribution in [0.25, 0.3) is 0 Å². The van der Waals surface area contributed by atoms with Gasteiger partial charge in [0, 0.05) is 13.5 Å². The van der Waals surface area contributed by atoms with E-state index in [1.165, 1.54) is 12.5 Å². The maximum atomic E-state index is 10.8. The summed E-state index contributed by atoms with van der Waals surface area (Å²) in [6, 6.07) is 8.05. The lowest BCUT2D eigenvalue weighted by Crippen LogP contribution is -2.19. The maximum Gasteiger partial charge on any atom is 0.217 e. The van der Waals surface area contributed by atoms with Crippen LogP contribution in [0.1, 0.15) is 18.1 Å². The first-order chi connectivity index (χ1) is 6.74. The molecular weight excluding hydrogens is 174 g/mol. The van der Waals surface area contributed by atoms with E-state index < -0.39 is 0 Å². The summed E-state index contributed by atoms with van der Waals surface area (Å²) in [5.41, 5.74) is 2.37. The van der Waals surface area contributed by atoms with E-state index in [0.717, 1.165) is 12.0 Å². The molecule has 0 aromatic heterocycles. The van der Waals surface area contributed by atoms with Crippen molar-refractivity contribution < 1.29 is 4.79 Å². The highest BCUT2D eigenvalue weighted by Crippen LogP contribution is 2.09. The van der Waals surface area contributed by atoms with Crippen LogP contribution in [0, 0.1) is 0 Å². The molecule has 0 saturated carbocycles. The minimum Gasteiger partial charge on any atom is -0.352 e. The highest BCUT2D eigenvalue weighted by molar-refractivity contribution is 5.72. The fraction of sp³-hybridized carbons (Fsp3) is 0.250. The second kappa shape index (κ2) is 5.22. The van der Waals surface area contributed by atoms with Gasteiger partial charge >= 0.3 is 0 Å². The Labute approximate surface area is 84.6 Å². The standard InChI is InChI=1S/C12H15NO/c1-3-6-11-7-4-5-8-12(11)9-13-10(2)14/h3-5,7-8H,1,6,9H2,2H3,(H,13,14). The van der Waals surface area contributed by atoms with Gasteiger partial charge in [0.1, 0.15) is 0 Å². The smallest absolute Gasteiger partial charge is 0.217 e. The fourth-order valence-electron chi connectivity index (χ4n) is 1.30. The van der Waals surface area contributed by atoms with Gasteiger partial charge in [-0.3, -0.25) is 4.79 Å². The van der Waals surface area contributed by atoms with Crippen LogP contribution < -0.4 is 5.32 Å². The second-order valence-electron chi connectivity index (χ2n) is 3.17. The number of amides is 1. The number of carbonyl (C=O) groups is 1. The van der Waals surface area contributed by atoms with E-state index in [2.05, 4.69) is 18.0 Å². The Morgan fingerprint density at radius 1 is 1.43 bits per heavy atom. The number of rotatable bonds is 4. The lowest BCUT2D eigenvalue weighted by molar-refractivity contribution is -0.119. The summed E-state index contributed by atoms with van der Waals surface area (Å²) in [5, 5.41) is 2.79. The molecule has 0 saturated heterocycles. The first-order valence-electron chi connectivity index (χ1n) is 4.66. The quantitative estimate of drug-likeness (QED) is 0.722. The summed E-state index contributed by atoms with van der Waals surface area (Å²) in [6.45, 7) is 5.83. The summed E-state index contributed by atoms with van der Waals surface area (Å²) in [4.78, 5) is 10.8. The lowest BCUT2D eigenvalue weighted by Gasteiger charge is -2.07. The molecule has 0 spiro atoms. The van der Waals surface area contributed by atoms with Gasteiger partial charge in [-0.05, 0) is 17.5 Å². The van der Waals surface area contributed by atoms with E-state index >= 15 is 0 Å². The number of benzene rings is 1. The summed E-state index contributed by atoms with van der Waals surface area (Å²) in [7, 11) is 0. The summed E-state index contributed by atoms with van der Waals surface area (Å²) in [6.07, 6.45) is 2.71. The molecule has 1 amide bonds. The molecule has 0 bridgehead atoms. The number of allylic oxidation sites excluding steroid dienone is 1. The molecule has 0 fully saturated rings. The van der Waals surface area contributed by atoms with Gasteiger partial charge in [0.05, 0.1) is 0 Å². The highest BCUT2D eigenvalue weighted by atomic mass is 16.1. The van der Waals surface area contributed by atoms with Gasteiger partial charge in [0.25, 0.3) is 0 Å². The van der Waals surface area contributed by atoms with Crippen molar-refractivity contribution in [3.8, 4) is 0 Å². The van der Waals surface area contributed by atoms with Crippen molar-refractivity contribution >= 4 is 5.91 Å². The Balaban J connectivity index is 2.73. The SMILES string of the molecule is C=CCc1ccccc1CNC(C)=O. The van der Waals surface area contributed by atoms with Crippen molar-refractivity contribution in [1.29, 1.82) is 0 Å². The van der Waals surface area contributed by atoms with Gasteiger partial charge in [-0.15, -0.1) is 6.58 Å². The zero-order valence-corrected chi connectivity index (χ0v) is 8.42. The molecule has 1 aromatic carbocycles. The van der Waals surface area contributed by atoms with Crippen LogP contribution in [0.3, 0.4) is 0 Å². The van der Waals surface area contributed by atoms with Gasteiger partial charge < -0.3 is 5.32 Å². The van der Waals surface area contributed by atoms with Crippen molar-refractivity contribution in [2.24, 2.45) is 0 Å². The van der Waals surface area contributed by atoms with Gasteiger partial charge in [0.2, 0.25) is 5.91 Å². The molecule has 0 unspecified atom stereocenters. The molecule has 2 nitrogen and oxygen atoms in total. The topological polar surface area (TPSA) is 29.1 Å². The maximum absolute atomic E-state index is 10.8. The number of carbonyl (C=O) groups excluding carboxylic acids is 1. The Morgan fingerprint density at radius 2 is 2.07 bits per heavy atom. The third-order valence-electron chi connectivity index (χ3n) is 2.01. The highest BCUT2D eigenvalue weighted by Gasteiger charge is 1.99. The average molecular weight is 189 g/mol. The van der Waals surface area contributed by atoms with E-state index in [1.807, 2.05) is 24.3 Å². The van der Waals surface area contributed by atoms with Crippen molar-refractivity contribution in [2.45, 2.75) is 19.9 Å². The molecule has 2 heteroatoms. The van der Waals surface area contributed by atoms with E-state index in [-0.39, 0.29) is 5.91 Å². The third-order valence-corrected chi connectivity index (χ3v) is 2.01. The molecule has 0 aliphatic carbocycles.